The Kier molecular flexibility index (Phi) is 8.09. The summed E-state index contributed by atoms with van der Waals surface area (Å²) in [6.45, 7) is 0. The molecule has 58 heavy (non-hydrogen) atoms. The number of aromatic nitrogens is 2. The van der Waals surface area contributed by atoms with Gasteiger partial charge in [0.2, 0.25) is 0 Å². The Morgan fingerprint density at radius 2 is 0.655 bits per heavy atom. The van der Waals surface area contributed by atoms with Crippen LogP contribution in [0.2, 0.25) is 0 Å². The van der Waals surface area contributed by atoms with Gasteiger partial charge in [-0.15, -0.1) is 0 Å². The molecule has 2 heterocycles. The summed E-state index contributed by atoms with van der Waals surface area (Å²) in [4.78, 5) is 0. The molecule has 0 fully saturated rings. The predicted octanol–water partition coefficient (Wildman–Crippen LogP) is 14.9. The maximum Gasteiger partial charge on any atom is 0.417 e. The summed E-state index contributed by atoms with van der Waals surface area (Å²) in [6.07, 6.45) is -9.92. The fourth-order valence-electron chi connectivity index (χ4n) is 8.41. The van der Waals surface area contributed by atoms with Gasteiger partial charge in [0.05, 0.1) is 33.2 Å². The van der Waals surface area contributed by atoms with Gasteiger partial charge < -0.3 is 9.13 Å². The number of alkyl halides is 6. The van der Waals surface area contributed by atoms with E-state index in [-0.39, 0.29) is 0 Å². The second-order valence-electron chi connectivity index (χ2n) is 14.4. The highest BCUT2D eigenvalue weighted by atomic mass is 19.4. The van der Waals surface area contributed by atoms with Crippen molar-refractivity contribution in [1.29, 1.82) is 0 Å². The molecule has 10 rings (SSSR count). The molecule has 0 atom stereocenters. The summed E-state index contributed by atoms with van der Waals surface area (Å²) < 4.78 is 93.8. The molecule has 0 aliphatic rings. The van der Waals surface area contributed by atoms with Crippen LogP contribution in [0, 0.1) is 0 Å². The number of para-hydroxylation sites is 2. The summed E-state index contributed by atoms with van der Waals surface area (Å²) in [7, 11) is 0. The summed E-state index contributed by atoms with van der Waals surface area (Å²) in [5.74, 6) is 0. The topological polar surface area (TPSA) is 9.86 Å². The Labute approximate surface area is 328 Å². The number of hydrogen-bond donors (Lipinski definition) is 0. The zero-order chi connectivity index (χ0) is 39.8. The highest BCUT2D eigenvalue weighted by Crippen LogP contribution is 2.46. The molecule has 0 saturated heterocycles. The van der Waals surface area contributed by atoms with Gasteiger partial charge >= 0.3 is 12.4 Å². The van der Waals surface area contributed by atoms with E-state index < -0.39 is 34.6 Å². The molecular formula is C50H30F6N2. The number of fused-ring (bicyclic) bond motifs is 6. The zero-order valence-corrected chi connectivity index (χ0v) is 30.5. The van der Waals surface area contributed by atoms with E-state index in [2.05, 4.69) is 0 Å². The van der Waals surface area contributed by atoms with E-state index >= 15 is 26.3 Å². The molecule has 0 aliphatic carbocycles. The molecule has 8 aromatic carbocycles. The van der Waals surface area contributed by atoms with E-state index in [9.17, 15) is 0 Å². The minimum atomic E-state index is -4.96. The third kappa shape index (κ3) is 5.83. The average molecular weight is 773 g/mol. The standard InChI is InChI=1S/C50H30F6N2/c51-49(52,53)43-23-21-35(57-45-17-9-7-15-37(45)41-27-33(19-25-47(41)57)31-11-3-1-4-12-31)29-39(43)40-30-36(22-24-44(40)50(54,55)56)58-46-18-10-8-16-38(46)42-28-34(20-26-48(42)58)32-13-5-2-6-14-32/h1-30H. The van der Waals surface area contributed by atoms with Gasteiger partial charge in [0.1, 0.15) is 0 Å². The van der Waals surface area contributed by atoms with Gasteiger partial charge in [-0.1, -0.05) is 109 Å². The molecule has 0 radical (unpaired) electrons. The Morgan fingerprint density at radius 3 is 1.05 bits per heavy atom. The van der Waals surface area contributed by atoms with Crippen LogP contribution < -0.4 is 0 Å². The number of halogens is 6. The molecule has 0 saturated carbocycles. The molecule has 0 aliphatic heterocycles. The number of benzene rings is 8. The third-order valence-corrected chi connectivity index (χ3v) is 11.0. The molecule has 0 N–H and O–H groups in total. The van der Waals surface area contributed by atoms with Crippen LogP contribution in [0.25, 0.3) is 88.4 Å². The fraction of sp³-hybridized carbons (Fsp3) is 0.0400. The van der Waals surface area contributed by atoms with Gasteiger partial charge in [-0.25, -0.2) is 0 Å². The number of rotatable bonds is 5. The Balaban J connectivity index is 1.21. The first-order valence-corrected chi connectivity index (χ1v) is 18.7. The van der Waals surface area contributed by atoms with E-state index in [0.29, 0.717) is 33.4 Å². The first-order chi connectivity index (χ1) is 28.0. The molecule has 0 spiro atoms. The molecular weight excluding hydrogens is 743 g/mol. The lowest BCUT2D eigenvalue weighted by Gasteiger charge is -2.21. The van der Waals surface area contributed by atoms with E-state index in [4.69, 9.17) is 0 Å². The van der Waals surface area contributed by atoms with Crippen molar-refractivity contribution in [3.63, 3.8) is 0 Å². The lowest BCUT2D eigenvalue weighted by atomic mass is 9.93. The lowest BCUT2D eigenvalue weighted by Crippen LogP contribution is -2.12. The van der Waals surface area contributed by atoms with Gasteiger partial charge in [-0.05, 0) is 106 Å². The first-order valence-electron chi connectivity index (χ1n) is 18.7. The van der Waals surface area contributed by atoms with Crippen LogP contribution in [-0.4, -0.2) is 9.13 Å². The van der Waals surface area contributed by atoms with Crippen LogP contribution in [0.5, 0.6) is 0 Å². The van der Waals surface area contributed by atoms with Crippen molar-refractivity contribution >= 4 is 43.6 Å². The Morgan fingerprint density at radius 1 is 0.293 bits per heavy atom. The molecule has 282 valence electrons. The van der Waals surface area contributed by atoms with Crippen LogP contribution in [-0.2, 0) is 12.4 Å². The molecule has 8 heteroatoms. The zero-order valence-electron chi connectivity index (χ0n) is 30.5. The van der Waals surface area contributed by atoms with Gasteiger partial charge in [-0.3, -0.25) is 0 Å². The molecule has 0 bridgehead atoms. The Hall–Kier alpha value is -7.06. The summed E-state index contributed by atoms with van der Waals surface area (Å²) in [6, 6.07) is 53.4. The maximum atomic E-state index is 15.0. The largest absolute Gasteiger partial charge is 0.417 e. The highest BCUT2D eigenvalue weighted by molar-refractivity contribution is 6.11. The molecule has 0 amide bonds. The Bertz CT molecular complexity index is 2970. The normalized spacial score (nSPS) is 12.3. The van der Waals surface area contributed by atoms with Gasteiger partial charge in [0, 0.05) is 32.9 Å². The van der Waals surface area contributed by atoms with Crippen LogP contribution in [0.1, 0.15) is 11.1 Å². The van der Waals surface area contributed by atoms with Gasteiger partial charge in [-0.2, -0.15) is 26.3 Å². The van der Waals surface area contributed by atoms with E-state index in [1.54, 1.807) is 0 Å². The van der Waals surface area contributed by atoms with Crippen molar-refractivity contribution in [1.82, 2.24) is 9.13 Å². The fourth-order valence-corrected chi connectivity index (χ4v) is 8.41. The van der Waals surface area contributed by atoms with Gasteiger partial charge in [0.15, 0.2) is 0 Å². The second-order valence-corrected chi connectivity index (χ2v) is 14.4. The van der Waals surface area contributed by atoms with Crippen LogP contribution in [0.3, 0.4) is 0 Å². The van der Waals surface area contributed by atoms with E-state index in [0.717, 1.165) is 55.9 Å². The summed E-state index contributed by atoms with van der Waals surface area (Å²) >= 11 is 0. The van der Waals surface area contributed by atoms with E-state index in [1.165, 1.54) is 24.3 Å². The smallest absolute Gasteiger partial charge is 0.309 e. The highest BCUT2D eigenvalue weighted by Gasteiger charge is 2.39. The predicted molar refractivity (Wildman–Crippen MR) is 221 cm³/mol. The van der Waals surface area contributed by atoms with Crippen molar-refractivity contribution in [3.8, 4) is 44.8 Å². The minimum Gasteiger partial charge on any atom is -0.309 e. The maximum absolute atomic E-state index is 15.0. The first kappa shape index (κ1) is 35.4. The third-order valence-electron chi connectivity index (χ3n) is 11.0. The number of nitrogens with zero attached hydrogens (tertiary/aromatic N) is 2. The van der Waals surface area contributed by atoms with Crippen molar-refractivity contribution < 1.29 is 26.3 Å². The molecule has 2 nitrogen and oxygen atoms in total. The number of hydrogen-bond acceptors (Lipinski definition) is 0. The van der Waals surface area contributed by atoms with Crippen molar-refractivity contribution in [3.05, 3.63) is 193 Å². The summed E-state index contributed by atoms with van der Waals surface area (Å²) in [5, 5.41) is 3.43. The molecule has 2 aromatic heterocycles. The van der Waals surface area contributed by atoms with Crippen molar-refractivity contribution in [2.45, 2.75) is 12.4 Å². The average Bonchev–Trinajstić information content (AvgIpc) is 3.75. The SMILES string of the molecule is FC(F)(F)c1ccc(-n2c3ccccc3c3cc(-c4ccccc4)ccc32)cc1-c1cc(-n2c3ccccc3c3cc(-c4ccccc4)ccc32)ccc1C(F)(F)F. The monoisotopic (exact) mass is 772 g/mol. The molecule has 10 aromatic rings. The quantitative estimate of drug-likeness (QED) is 0.154. The van der Waals surface area contributed by atoms with Gasteiger partial charge in [0.25, 0.3) is 0 Å². The van der Waals surface area contributed by atoms with E-state index in [1.807, 2.05) is 155 Å². The van der Waals surface area contributed by atoms with Crippen molar-refractivity contribution in [2.24, 2.45) is 0 Å². The van der Waals surface area contributed by atoms with Crippen LogP contribution in [0.4, 0.5) is 26.3 Å². The van der Waals surface area contributed by atoms with Crippen molar-refractivity contribution in [2.75, 3.05) is 0 Å². The summed E-state index contributed by atoms with van der Waals surface area (Å²) in [5.41, 5.74) is 3.85. The van der Waals surface area contributed by atoms with Crippen LogP contribution >= 0.6 is 0 Å². The lowest BCUT2D eigenvalue weighted by molar-refractivity contribution is -0.139. The van der Waals surface area contributed by atoms with Crippen LogP contribution in [0.15, 0.2) is 182 Å². The second kappa shape index (κ2) is 13.3. The molecule has 0 unspecified atom stereocenters. The minimum absolute atomic E-state index is 0.297.